The molecule has 0 amide bonds. The first-order chi connectivity index (χ1) is 10.1. The Hall–Kier alpha value is -0.810. The van der Waals surface area contributed by atoms with Crippen LogP contribution in [0.3, 0.4) is 0 Å². The van der Waals surface area contributed by atoms with E-state index < -0.39 is 0 Å². The van der Waals surface area contributed by atoms with E-state index in [4.69, 9.17) is 0 Å². The molecule has 0 aromatic heterocycles. The zero-order valence-corrected chi connectivity index (χ0v) is 14.2. The zero-order chi connectivity index (χ0) is 15.2. The highest BCUT2D eigenvalue weighted by Gasteiger charge is 2.23. The smallest absolute Gasteiger partial charge is 0.191 e. The van der Waals surface area contributed by atoms with E-state index >= 15 is 0 Å². The minimum atomic E-state index is 0.564. The molecular weight excluding hydrogens is 262 g/mol. The summed E-state index contributed by atoms with van der Waals surface area (Å²) >= 11 is 0. The van der Waals surface area contributed by atoms with Crippen LogP contribution in [0.15, 0.2) is 4.99 Å². The molecule has 5 heteroatoms. The summed E-state index contributed by atoms with van der Waals surface area (Å²) < 4.78 is 0. The molecule has 0 bridgehead atoms. The second-order valence-electron chi connectivity index (χ2n) is 6.95. The van der Waals surface area contributed by atoms with Crippen LogP contribution >= 0.6 is 0 Å². The second kappa shape index (κ2) is 7.99. The Kier molecular flexibility index (Phi) is 6.30. The molecular formula is C16H33N5. The predicted molar refractivity (Wildman–Crippen MR) is 89.8 cm³/mol. The molecule has 1 heterocycles. The number of rotatable bonds is 3. The lowest BCUT2D eigenvalue weighted by atomic mass is 9.87. The zero-order valence-electron chi connectivity index (χ0n) is 14.2. The first kappa shape index (κ1) is 16.6. The molecule has 1 aliphatic heterocycles. The van der Waals surface area contributed by atoms with Crippen molar-refractivity contribution in [2.75, 3.05) is 47.3 Å². The molecule has 1 saturated carbocycles. The first-order valence-electron chi connectivity index (χ1n) is 8.44. The van der Waals surface area contributed by atoms with Crippen molar-refractivity contribution in [1.82, 2.24) is 20.4 Å². The van der Waals surface area contributed by atoms with Crippen LogP contribution in [0.2, 0.25) is 0 Å². The molecule has 1 saturated heterocycles. The molecule has 0 aromatic rings. The van der Waals surface area contributed by atoms with Crippen molar-refractivity contribution in [3.05, 3.63) is 0 Å². The van der Waals surface area contributed by atoms with Gasteiger partial charge in [0.05, 0.1) is 0 Å². The van der Waals surface area contributed by atoms with Gasteiger partial charge in [-0.05, 0) is 45.7 Å². The number of nitrogens with one attached hydrogen (secondary N) is 2. The van der Waals surface area contributed by atoms with Gasteiger partial charge in [0.1, 0.15) is 0 Å². The molecule has 122 valence electrons. The summed E-state index contributed by atoms with van der Waals surface area (Å²) in [6.07, 6.45) is 5.22. The van der Waals surface area contributed by atoms with Crippen LogP contribution < -0.4 is 10.6 Å². The third-order valence-electron chi connectivity index (χ3n) is 5.07. The highest BCUT2D eigenvalue weighted by Crippen LogP contribution is 2.23. The summed E-state index contributed by atoms with van der Waals surface area (Å²) in [6.45, 7) is 6.76. The summed E-state index contributed by atoms with van der Waals surface area (Å²) in [4.78, 5) is 9.25. The minimum absolute atomic E-state index is 0.564. The normalized spacial score (nSPS) is 33.0. The second-order valence-corrected chi connectivity index (χ2v) is 6.95. The Morgan fingerprint density at radius 3 is 2.52 bits per heavy atom. The van der Waals surface area contributed by atoms with Crippen LogP contribution in [-0.2, 0) is 0 Å². The van der Waals surface area contributed by atoms with Crippen LogP contribution in [0.4, 0.5) is 0 Å². The van der Waals surface area contributed by atoms with E-state index in [0.717, 1.165) is 31.5 Å². The van der Waals surface area contributed by atoms with Gasteiger partial charge in [-0.15, -0.1) is 0 Å². The predicted octanol–water partition coefficient (Wildman–Crippen LogP) is 0.976. The fourth-order valence-electron chi connectivity index (χ4n) is 3.33. The third kappa shape index (κ3) is 5.15. The maximum Gasteiger partial charge on any atom is 0.191 e. The quantitative estimate of drug-likeness (QED) is 0.602. The van der Waals surface area contributed by atoms with E-state index in [9.17, 15) is 0 Å². The molecule has 1 unspecified atom stereocenters. The number of hydrogen-bond donors (Lipinski definition) is 2. The number of aliphatic imine (C=N–C) groups is 1. The van der Waals surface area contributed by atoms with Crippen molar-refractivity contribution < 1.29 is 0 Å². The molecule has 2 N–H and O–H groups in total. The summed E-state index contributed by atoms with van der Waals surface area (Å²) in [5, 5.41) is 7.12. The highest BCUT2D eigenvalue weighted by atomic mass is 15.3. The summed E-state index contributed by atoms with van der Waals surface area (Å²) in [5.41, 5.74) is 0. The average Bonchev–Trinajstić information content (AvgIpc) is 2.48. The lowest BCUT2D eigenvalue weighted by Gasteiger charge is -2.38. The SMILES string of the molecule is CN=C(NCC1CN(C)CCN1C)NC1CCC(C)CC1. The van der Waals surface area contributed by atoms with Crippen molar-refractivity contribution >= 4 is 5.96 Å². The number of likely N-dealkylation sites (N-methyl/N-ethyl adjacent to an activating group) is 2. The van der Waals surface area contributed by atoms with E-state index in [-0.39, 0.29) is 0 Å². The Bertz CT molecular complexity index is 336. The number of hydrogen-bond acceptors (Lipinski definition) is 3. The number of piperazine rings is 1. The largest absolute Gasteiger partial charge is 0.355 e. The molecule has 0 spiro atoms. The van der Waals surface area contributed by atoms with Crippen LogP contribution in [0.25, 0.3) is 0 Å². The van der Waals surface area contributed by atoms with Crippen LogP contribution in [-0.4, -0.2) is 75.2 Å². The first-order valence-corrected chi connectivity index (χ1v) is 8.44. The topological polar surface area (TPSA) is 42.9 Å². The Morgan fingerprint density at radius 1 is 1.14 bits per heavy atom. The Balaban J connectivity index is 1.74. The Morgan fingerprint density at radius 2 is 1.86 bits per heavy atom. The highest BCUT2D eigenvalue weighted by molar-refractivity contribution is 5.80. The third-order valence-corrected chi connectivity index (χ3v) is 5.07. The number of nitrogens with zero attached hydrogens (tertiary/aromatic N) is 3. The summed E-state index contributed by atoms with van der Waals surface area (Å²) in [7, 11) is 6.30. The molecule has 2 rings (SSSR count). The molecule has 2 aliphatic rings. The van der Waals surface area contributed by atoms with Gasteiger partial charge in [-0.2, -0.15) is 0 Å². The maximum absolute atomic E-state index is 4.39. The van der Waals surface area contributed by atoms with Crippen molar-refractivity contribution in [1.29, 1.82) is 0 Å². The van der Waals surface area contributed by atoms with Gasteiger partial charge in [0.2, 0.25) is 0 Å². The fourth-order valence-corrected chi connectivity index (χ4v) is 3.33. The monoisotopic (exact) mass is 295 g/mol. The Labute approximate surface area is 130 Å². The van der Waals surface area contributed by atoms with Gasteiger partial charge in [-0.25, -0.2) is 0 Å². The van der Waals surface area contributed by atoms with Crippen LogP contribution in [0, 0.1) is 5.92 Å². The van der Waals surface area contributed by atoms with Crippen molar-refractivity contribution in [3.8, 4) is 0 Å². The van der Waals surface area contributed by atoms with E-state index in [0.29, 0.717) is 12.1 Å². The molecule has 0 radical (unpaired) electrons. The standard InChI is InChI=1S/C16H33N5/c1-13-5-7-14(8-6-13)19-16(17-2)18-11-15-12-20(3)9-10-21(15)4/h13-15H,5-12H2,1-4H3,(H2,17,18,19). The van der Waals surface area contributed by atoms with E-state index in [1.807, 2.05) is 7.05 Å². The van der Waals surface area contributed by atoms with Gasteiger partial charge in [-0.1, -0.05) is 6.92 Å². The number of guanidine groups is 1. The van der Waals surface area contributed by atoms with Crippen molar-refractivity contribution in [2.24, 2.45) is 10.9 Å². The van der Waals surface area contributed by atoms with Crippen molar-refractivity contribution in [3.63, 3.8) is 0 Å². The lowest BCUT2D eigenvalue weighted by Crippen LogP contribution is -2.56. The molecule has 1 atom stereocenters. The molecule has 5 nitrogen and oxygen atoms in total. The summed E-state index contributed by atoms with van der Waals surface area (Å²) in [6, 6.07) is 1.16. The van der Waals surface area contributed by atoms with Gasteiger partial charge in [0.15, 0.2) is 5.96 Å². The van der Waals surface area contributed by atoms with Gasteiger partial charge in [-0.3, -0.25) is 9.89 Å². The lowest BCUT2D eigenvalue weighted by molar-refractivity contribution is 0.116. The van der Waals surface area contributed by atoms with E-state index in [2.05, 4.69) is 46.4 Å². The van der Waals surface area contributed by atoms with E-state index in [1.165, 1.54) is 32.2 Å². The van der Waals surface area contributed by atoms with E-state index in [1.54, 1.807) is 0 Å². The van der Waals surface area contributed by atoms with Crippen LogP contribution in [0.1, 0.15) is 32.6 Å². The van der Waals surface area contributed by atoms with Crippen molar-refractivity contribution in [2.45, 2.75) is 44.7 Å². The summed E-state index contributed by atoms with van der Waals surface area (Å²) in [5.74, 6) is 1.86. The fraction of sp³-hybridized carbons (Fsp3) is 0.938. The molecule has 0 aromatic carbocycles. The minimum Gasteiger partial charge on any atom is -0.355 e. The molecule has 2 fully saturated rings. The molecule has 1 aliphatic carbocycles. The van der Waals surface area contributed by atoms with Gasteiger partial charge in [0, 0.05) is 45.3 Å². The molecule has 21 heavy (non-hydrogen) atoms. The van der Waals surface area contributed by atoms with Gasteiger partial charge in [0.25, 0.3) is 0 Å². The van der Waals surface area contributed by atoms with Gasteiger partial charge < -0.3 is 15.5 Å². The average molecular weight is 295 g/mol. The van der Waals surface area contributed by atoms with Crippen LogP contribution in [0.5, 0.6) is 0 Å². The van der Waals surface area contributed by atoms with Gasteiger partial charge >= 0.3 is 0 Å². The maximum atomic E-state index is 4.39.